The van der Waals surface area contributed by atoms with Gasteiger partial charge in [0, 0.05) is 12.8 Å². The molecule has 0 spiro atoms. The second kappa shape index (κ2) is 68.9. The zero-order valence-corrected chi connectivity index (χ0v) is 52.4. The summed E-state index contributed by atoms with van der Waals surface area (Å²) in [5.74, 6) is -0.571. The van der Waals surface area contributed by atoms with Crippen molar-refractivity contribution in [3.8, 4) is 0 Å². The Morgan fingerprint density at radius 1 is 0.295 bits per heavy atom. The fraction of sp³-hybridized carbons (Fsp3) is 0.836. The number of hydrogen-bond donors (Lipinski definition) is 1. The Labute approximate surface area is 487 Å². The van der Waals surface area contributed by atoms with Crippen LogP contribution in [0.5, 0.6) is 0 Å². The number of aliphatic hydroxyl groups excluding tert-OH is 1. The van der Waals surface area contributed by atoms with Gasteiger partial charge in [0.05, 0.1) is 6.61 Å². The second-order valence-electron chi connectivity index (χ2n) is 23.6. The Morgan fingerprint density at radius 2 is 0.513 bits per heavy atom. The molecule has 1 atom stereocenters. The highest BCUT2D eigenvalue weighted by atomic mass is 16.6. The molecule has 0 fully saturated rings. The first-order valence-electron chi connectivity index (χ1n) is 34.8. The summed E-state index contributed by atoms with van der Waals surface area (Å²) in [4.78, 5) is 24.6. The van der Waals surface area contributed by atoms with Gasteiger partial charge in [-0.2, -0.15) is 0 Å². The van der Waals surface area contributed by atoms with Crippen molar-refractivity contribution in [1.29, 1.82) is 0 Å². The average molecular weight is 1090 g/mol. The van der Waals surface area contributed by atoms with Gasteiger partial charge in [0.25, 0.3) is 0 Å². The molecule has 0 aromatic carbocycles. The Hall–Kier alpha value is -2.40. The predicted molar refractivity (Wildman–Crippen MR) is 344 cm³/mol. The molecule has 0 aliphatic carbocycles. The number of carbonyl (C=O) groups excluding carboxylic acids is 2. The molecule has 0 rings (SSSR count). The van der Waals surface area contributed by atoms with E-state index in [0.29, 0.717) is 12.8 Å². The van der Waals surface area contributed by atoms with Gasteiger partial charge in [-0.15, -0.1) is 0 Å². The number of unbranched alkanes of at least 4 members (excludes halogenated alkanes) is 47. The van der Waals surface area contributed by atoms with Crippen molar-refractivity contribution >= 4 is 11.9 Å². The van der Waals surface area contributed by atoms with Crippen molar-refractivity contribution in [2.24, 2.45) is 0 Å². The molecule has 0 aromatic rings. The van der Waals surface area contributed by atoms with Crippen LogP contribution in [0.4, 0.5) is 0 Å². The maximum Gasteiger partial charge on any atom is 0.306 e. The van der Waals surface area contributed by atoms with Crippen molar-refractivity contribution in [3.05, 3.63) is 60.8 Å². The molecule has 5 nitrogen and oxygen atoms in total. The number of esters is 2. The second-order valence-corrected chi connectivity index (χ2v) is 23.6. The normalized spacial score (nSPS) is 12.5. The van der Waals surface area contributed by atoms with Crippen LogP contribution in [0.15, 0.2) is 60.8 Å². The predicted octanol–water partition coefficient (Wildman–Crippen LogP) is 24.1. The van der Waals surface area contributed by atoms with Crippen LogP contribution in [0.25, 0.3) is 0 Å². The third kappa shape index (κ3) is 66.1. The summed E-state index contributed by atoms with van der Waals surface area (Å²) in [5.41, 5.74) is 0. The van der Waals surface area contributed by atoms with Crippen molar-refractivity contribution in [2.75, 3.05) is 13.2 Å². The van der Waals surface area contributed by atoms with Crippen LogP contribution in [0.2, 0.25) is 0 Å². The highest BCUT2D eigenvalue weighted by molar-refractivity contribution is 5.70. The number of aliphatic hydroxyl groups is 1. The number of rotatable bonds is 65. The molecule has 0 saturated heterocycles. The molecule has 1 N–H and O–H groups in total. The van der Waals surface area contributed by atoms with Crippen LogP contribution in [-0.2, 0) is 19.1 Å². The van der Waals surface area contributed by atoms with Crippen LogP contribution >= 0.6 is 0 Å². The van der Waals surface area contributed by atoms with E-state index in [4.69, 9.17) is 9.47 Å². The van der Waals surface area contributed by atoms with Gasteiger partial charge in [0.2, 0.25) is 0 Å². The highest BCUT2D eigenvalue weighted by Crippen LogP contribution is 2.18. The molecule has 0 bridgehead atoms. The Balaban J connectivity index is 3.41. The monoisotopic (exact) mass is 1090 g/mol. The number of carbonyl (C=O) groups is 2. The van der Waals surface area contributed by atoms with Gasteiger partial charge in [-0.3, -0.25) is 9.59 Å². The summed E-state index contributed by atoms with van der Waals surface area (Å²) in [6.45, 7) is 4.17. The summed E-state index contributed by atoms with van der Waals surface area (Å²) in [6, 6.07) is 0. The molecule has 0 aromatic heterocycles. The van der Waals surface area contributed by atoms with E-state index in [0.717, 1.165) is 57.8 Å². The molecule has 0 saturated carbocycles. The quantitative estimate of drug-likeness (QED) is 0.0373. The first-order chi connectivity index (χ1) is 38.6. The smallest absolute Gasteiger partial charge is 0.306 e. The van der Waals surface area contributed by atoms with E-state index in [9.17, 15) is 14.7 Å². The van der Waals surface area contributed by atoms with Crippen LogP contribution in [0, 0.1) is 0 Å². The molecule has 5 heteroatoms. The van der Waals surface area contributed by atoms with Gasteiger partial charge in [-0.25, -0.2) is 0 Å². The molecule has 456 valence electrons. The van der Waals surface area contributed by atoms with E-state index in [2.05, 4.69) is 74.6 Å². The topological polar surface area (TPSA) is 72.8 Å². The SMILES string of the molecule is CCCCCCC/C=C\C/C=C\C/C=C\CCCCCCCCCCCCCCCCCCCCCCCCC(=O)OC(CO)COC(=O)CCCCCCCCCCCCCCCCC/C=C\C/C=C\CCCCCCC. The molecule has 0 aliphatic heterocycles. The summed E-state index contributed by atoms with van der Waals surface area (Å²) in [6.07, 6.45) is 94.0. The fourth-order valence-corrected chi connectivity index (χ4v) is 10.5. The summed E-state index contributed by atoms with van der Waals surface area (Å²) >= 11 is 0. The lowest BCUT2D eigenvalue weighted by atomic mass is 10.0. The van der Waals surface area contributed by atoms with Gasteiger partial charge in [0.1, 0.15) is 6.61 Å². The standard InChI is InChI=1S/C73H134O5/c1-3-5-7-9-11-13-15-17-19-21-23-25-27-29-31-32-33-34-35-36-37-38-39-40-42-44-46-48-50-52-54-56-58-60-62-64-66-68-73(76)78-71(69-74)70-77-72(75)67-65-63-61-59-57-55-53-51-49-47-45-43-41-30-28-26-24-22-20-18-16-14-12-10-8-6-4-2/h15-18,21-24,27,29,71,74H,3-14,19-20,25-26,28,30-70H2,1-2H3/b17-15-,18-16-,23-21-,24-22-,29-27-. The minimum atomic E-state index is -0.772. The van der Waals surface area contributed by atoms with Crippen LogP contribution in [0.1, 0.15) is 373 Å². The lowest BCUT2D eigenvalue weighted by Gasteiger charge is -2.15. The third-order valence-corrected chi connectivity index (χ3v) is 15.8. The van der Waals surface area contributed by atoms with Crippen molar-refractivity contribution in [3.63, 3.8) is 0 Å². The van der Waals surface area contributed by atoms with Gasteiger partial charge in [-0.1, -0.05) is 338 Å². The van der Waals surface area contributed by atoms with Gasteiger partial charge < -0.3 is 14.6 Å². The van der Waals surface area contributed by atoms with E-state index in [-0.39, 0.29) is 25.2 Å². The maximum absolute atomic E-state index is 12.4. The van der Waals surface area contributed by atoms with Crippen LogP contribution in [0.3, 0.4) is 0 Å². The minimum absolute atomic E-state index is 0.0620. The summed E-state index contributed by atoms with van der Waals surface area (Å²) in [7, 11) is 0. The molecule has 78 heavy (non-hydrogen) atoms. The summed E-state index contributed by atoms with van der Waals surface area (Å²) < 4.78 is 10.8. The van der Waals surface area contributed by atoms with Gasteiger partial charge in [0.15, 0.2) is 6.10 Å². The van der Waals surface area contributed by atoms with Gasteiger partial charge >= 0.3 is 11.9 Å². The lowest BCUT2D eigenvalue weighted by Crippen LogP contribution is -2.28. The molecule has 1 unspecified atom stereocenters. The maximum atomic E-state index is 12.4. The molecule has 0 aliphatic rings. The number of ether oxygens (including phenoxy) is 2. The number of hydrogen-bond acceptors (Lipinski definition) is 5. The van der Waals surface area contributed by atoms with Crippen LogP contribution in [-0.4, -0.2) is 36.4 Å². The van der Waals surface area contributed by atoms with E-state index < -0.39 is 6.10 Å². The Morgan fingerprint density at radius 3 is 0.769 bits per heavy atom. The lowest BCUT2D eigenvalue weighted by molar-refractivity contribution is -0.161. The highest BCUT2D eigenvalue weighted by Gasteiger charge is 2.16. The minimum Gasteiger partial charge on any atom is -0.462 e. The zero-order chi connectivity index (χ0) is 56.2. The average Bonchev–Trinajstić information content (AvgIpc) is 3.44. The summed E-state index contributed by atoms with van der Waals surface area (Å²) in [5, 5.41) is 9.70. The Kier molecular flexibility index (Phi) is 66.8. The molecule has 0 amide bonds. The molecular weight excluding hydrogens is 957 g/mol. The van der Waals surface area contributed by atoms with E-state index in [1.54, 1.807) is 0 Å². The molecule has 0 heterocycles. The molecular formula is C73H134O5. The zero-order valence-electron chi connectivity index (χ0n) is 52.4. The van der Waals surface area contributed by atoms with Crippen molar-refractivity contribution < 1.29 is 24.2 Å². The third-order valence-electron chi connectivity index (χ3n) is 15.8. The Bertz CT molecular complexity index is 1330. The van der Waals surface area contributed by atoms with E-state index >= 15 is 0 Å². The van der Waals surface area contributed by atoms with E-state index in [1.165, 1.54) is 289 Å². The largest absolute Gasteiger partial charge is 0.462 e. The number of allylic oxidation sites excluding steroid dienone is 10. The van der Waals surface area contributed by atoms with Crippen molar-refractivity contribution in [1.82, 2.24) is 0 Å². The van der Waals surface area contributed by atoms with Crippen LogP contribution < -0.4 is 0 Å². The first kappa shape index (κ1) is 75.6. The fourth-order valence-electron chi connectivity index (χ4n) is 10.5. The molecule has 0 radical (unpaired) electrons. The first-order valence-corrected chi connectivity index (χ1v) is 34.8. The van der Waals surface area contributed by atoms with E-state index in [1.807, 2.05) is 0 Å². The van der Waals surface area contributed by atoms with Gasteiger partial charge in [-0.05, 0) is 83.5 Å². The van der Waals surface area contributed by atoms with Crippen molar-refractivity contribution in [2.45, 2.75) is 380 Å².